The first-order chi connectivity index (χ1) is 8.60. The molecule has 0 fully saturated rings. The van der Waals surface area contributed by atoms with Gasteiger partial charge in [-0.05, 0) is 63.1 Å². The number of benzene rings is 1. The molecule has 0 radical (unpaired) electrons. The lowest BCUT2D eigenvalue weighted by Gasteiger charge is -2.12. The minimum Gasteiger partial charge on any atom is -0.497 e. The maximum atomic E-state index is 6.22. The Morgan fingerprint density at radius 2 is 2.11 bits per heavy atom. The van der Waals surface area contributed by atoms with Crippen LogP contribution in [0, 0.1) is 0 Å². The van der Waals surface area contributed by atoms with Crippen LogP contribution in [0.2, 0.25) is 0 Å². The van der Waals surface area contributed by atoms with Crippen LogP contribution < -0.4 is 10.5 Å². The van der Waals surface area contributed by atoms with Crippen LogP contribution >= 0.6 is 43.2 Å². The highest BCUT2D eigenvalue weighted by Crippen LogP contribution is 2.29. The Morgan fingerprint density at radius 3 is 2.72 bits per heavy atom. The first kappa shape index (κ1) is 14.1. The van der Waals surface area contributed by atoms with Crippen molar-refractivity contribution in [3.05, 3.63) is 49.0 Å². The molecular weight excluding hydrogens is 378 g/mol. The average Bonchev–Trinajstić information content (AvgIpc) is 2.79. The fourth-order valence-electron chi connectivity index (χ4n) is 1.71. The van der Waals surface area contributed by atoms with Gasteiger partial charge in [-0.3, -0.25) is 0 Å². The van der Waals surface area contributed by atoms with Crippen molar-refractivity contribution < 1.29 is 4.74 Å². The smallest absolute Gasteiger partial charge is 0.119 e. The van der Waals surface area contributed by atoms with E-state index < -0.39 is 0 Å². The van der Waals surface area contributed by atoms with Gasteiger partial charge in [0.1, 0.15) is 5.75 Å². The van der Waals surface area contributed by atoms with Gasteiger partial charge in [-0.25, -0.2) is 0 Å². The van der Waals surface area contributed by atoms with E-state index in [1.165, 1.54) is 0 Å². The van der Waals surface area contributed by atoms with Gasteiger partial charge >= 0.3 is 0 Å². The quantitative estimate of drug-likeness (QED) is 0.832. The fraction of sp³-hybridized carbons (Fsp3) is 0.231. The van der Waals surface area contributed by atoms with Crippen molar-refractivity contribution >= 4 is 43.2 Å². The van der Waals surface area contributed by atoms with E-state index in [-0.39, 0.29) is 6.04 Å². The van der Waals surface area contributed by atoms with Crippen molar-refractivity contribution in [3.8, 4) is 5.75 Å². The summed E-state index contributed by atoms with van der Waals surface area (Å²) in [4.78, 5) is 0. The van der Waals surface area contributed by atoms with Crippen LogP contribution in [-0.4, -0.2) is 7.11 Å². The van der Waals surface area contributed by atoms with Crippen LogP contribution in [0.4, 0.5) is 0 Å². The molecule has 0 saturated heterocycles. The summed E-state index contributed by atoms with van der Waals surface area (Å²) in [5.41, 5.74) is 8.54. The summed E-state index contributed by atoms with van der Waals surface area (Å²) in [7, 11) is 1.67. The highest BCUT2D eigenvalue weighted by Gasteiger charge is 2.11. The topological polar surface area (TPSA) is 35.2 Å². The molecule has 1 heterocycles. The largest absolute Gasteiger partial charge is 0.497 e. The number of thiophene rings is 1. The highest BCUT2D eigenvalue weighted by atomic mass is 79.9. The highest BCUT2D eigenvalue weighted by molar-refractivity contribution is 9.11. The number of hydrogen-bond donors (Lipinski definition) is 1. The molecule has 2 rings (SSSR count). The third-order valence-corrected chi connectivity index (χ3v) is 5.00. The zero-order valence-electron chi connectivity index (χ0n) is 9.82. The van der Waals surface area contributed by atoms with Crippen LogP contribution in [0.15, 0.2) is 37.9 Å². The molecule has 2 nitrogen and oxygen atoms in total. The molecule has 1 aromatic heterocycles. The van der Waals surface area contributed by atoms with E-state index in [2.05, 4.69) is 43.3 Å². The van der Waals surface area contributed by atoms with Crippen molar-refractivity contribution in [2.75, 3.05) is 7.11 Å². The van der Waals surface area contributed by atoms with Gasteiger partial charge in [0, 0.05) is 10.5 Å². The third kappa shape index (κ3) is 3.35. The minimum absolute atomic E-state index is 0.00374. The van der Waals surface area contributed by atoms with E-state index in [9.17, 15) is 0 Å². The van der Waals surface area contributed by atoms with Gasteiger partial charge in [-0.2, -0.15) is 0 Å². The Bertz CT molecular complexity index is 542. The van der Waals surface area contributed by atoms with Gasteiger partial charge in [0.05, 0.1) is 10.9 Å². The van der Waals surface area contributed by atoms with Crippen molar-refractivity contribution in [3.63, 3.8) is 0 Å². The Balaban J connectivity index is 2.18. The Labute approximate surface area is 127 Å². The maximum Gasteiger partial charge on any atom is 0.119 e. The Morgan fingerprint density at radius 1 is 1.33 bits per heavy atom. The van der Waals surface area contributed by atoms with E-state index in [4.69, 9.17) is 10.5 Å². The minimum atomic E-state index is -0.00374. The molecule has 0 aliphatic carbocycles. The number of methoxy groups -OCH3 is 1. The predicted molar refractivity (Wildman–Crippen MR) is 83.3 cm³/mol. The van der Waals surface area contributed by atoms with E-state index in [1.807, 2.05) is 18.2 Å². The van der Waals surface area contributed by atoms with Gasteiger partial charge < -0.3 is 10.5 Å². The summed E-state index contributed by atoms with van der Waals surface area (Å²) >= 11 is 8.66. The standard InChI is InChI=1S/C13H13Br2NOS/c1-17-10-2-3-11(14)8(4-10)5-12(16)9-6-13(15)18-7-9/h2-4,6-7,12H,5,16H2,1H3. The first-order valence-electron chi connectivity index (χ1n) is 5.42. The summed E-state index contributed by atoms with van der Waals surface area (Å²) in [6, 6.07) is 8.01. The number of halogens is 2. The Hall–Kier alpha value is -0.360. The summed E-state index contributed by atoms with van der Waals surface area (Å²) in [5.74, 6) is 0.854. The molecule has 2 N–H and O–H groups in total. The summed E-state index contributed by atoms with van der Waals surface area (Å²) in [5, 5.41) is 2.09. The second kappa shape index (κ2) is 6.19. The second-order valence-corrected chi connectivity index (χ2v) is 7.10. The molecule has 2 aromatic rings. The van der Waals surface area contributed by atoms with Gasteiger partial charge in [-0.1, -0.05) is 15.9 Å². The summed E-state index contributed by atoms with van der Waals surface area (Å²) in [6.45, 7) is 0. The lowest BCUT2D eigenvalue weighted by atomic mass is 10.0. The molecule has 18 heavy (non-hydrogen) atoms. The van der Waals surface area contributed by atoms with Crippen molar-refractivity contribution in [1.82, 2.24) is 0 Å². The van der Waals surface area contributed by atoms with E-state index in [0.29, 0.717) is 0 Å². The molecular formula is C13H13Br2NOS. The number of rotatable bonds is 4. The van der Waals surface area contributed by atoms with Crippen LogP contribution in [0.5, 0.6) is 5.75 Å². The molecule has 0 amide bonds. The van der Waals surface area contributed by atoms with Gasteiger partial charge in [0.2, 0.25) is 0 Å². The lowest BCUT2D eigenvalue weighted by Crippen LogP contribution is -2.12. The maximum absolute atomic E-state index is 6.22. The molecule has 1 aromatic carbocycles. The molecule has 0 aliphatic rings. The zero-order valence-corrected chi connectivity index (χ0v) is 13.8. The van der Waals surface area contributed by atoms with Crippen molar-refractivity contribution in [2.45, 2.75) is 12.5 Å². The van der Waals surface area contributed by atoms with E-state index in [1.54, 1.807) is 18.4 Å². The zero-order chi connectivity index (χ0) is 13.1. The van der Waals surface area contributed by atoms with Gasteiger partial charge in [0.15, 0.2) is 0 Å². The van der Waals surface area contributed by atoms with Crippen LogP contribution in [0.3, 0.4) is 0 Å². The fourth-order valence-corrected chi connectivity index (χ4v) is 3.36. The predicted octanol–water partition coefficient (Wildman–Crippen LogP) is 4.52. The number of ether oxygens (including phenoxy) is 1. The van der Waals surface area contributed by atoms with Crippen LogP contribution in [0.25, 0.3) is 0 Å². The molecule has 1 atom stereocenters. The molecule has 5 heteroatoms. The van der Waals surface area contributed by atoms with Gasteiger partial charge in [0.25, 0.3) is 0 Å². The van der Waals surface area contributed by atoms with Crippen LogP contribution in [0.1, 0.15) is 17.2 Å². The summed E-state index contributed by atoms with van der Waals surface area (Å²) in [6.07, 6.45) is 0.779. The van der Waals surface area contributed by atoms with Crippen LogP contribution in [-0.2, 0) is 6.42 Å². The third-order valence-electron chi connectivity index (χ3n) is 2.71. The second-order valence-electron chi connectivity index (χ2n) is 3.95. The molecule has 1 unspecified atom stereocenters. The molecule has 0 saturated carbocycles. The van der Waals surface area contributed by atoms with Gasteiger partial charge in [-0.15, -0.1) is 11.3 Å². The normalized spacial score (nSPS) is 12.4. The van der Waals surface area contributed by atoms with Crippen molar-refractivity contribution in [2.24, 2.45) is 5.73 Å². The number of hydrogen-bond acceptors (Lipinski definition) is 3. The Kier molecular flexibility index (Phi) is 4.84. The van der Waals surface area contributed by atoms with E-state index >= 15 is 0 Å². The first-order valence-corrected chi connectivity index (χ1v) is 7.88. The summed E-state index contributed by atoms with van der Waals surface area (Å²) < 4.78 is 7.41. The molecule has 96 valence electrons. The molecule has 0 aliphatic heterocycles. The molecule has 0 bridgehead atoms. The van der Waals surface area contributed by atoms with Crippen molar-refractivity contribution in [1.29, 1.82) is 0 Å². The SMILES string of the molecule is COc1ccc(Br)c(CC(N)c2csc(Br)c2)c1. The molecule has 0 spiro atoms. The monoisotopic (exact) mass is 389 g/mol. The van der Waals surface area contributed by atoms with E-state index in [0.717, 1.165) is 31.6 Å². The lowest BCUT2D eigenvalue weighted by molar-refractivity contribution is 0.414. The number of nitrogens with two attached hydrogens (primary N) is 1. The average molecular weight is 391 g/mol.